The van der Waals surface area contributed by atoms with Crippen LogP contribution in [0.3, 0.4) is 0 Å². The molecular formula is C15H17F3N6O2. The number of hydrogen-bond donors (Lipinski definition) is 1. The molecule has 0 bridgehead atoms. The summed E-state index contributed by atoms with van der Waals surface area (Å²) in [6, 6.07) is -1.17. The van der Waals surface area contributed by atoms with E-state index in [0.717, 1.165) is 4.90 Å². The van der Waals surface area contributed by atoms with E-state index in [9.17, 15) is 22.8 Å². The Hall–Kier alpha value is -2.72. The third kappa shape index (κ3) is 2.76. The number of alkyl halides is 3. The van der Waals surface area contributed by atoms with Gasteiger partial charge in [0.05, 0.1) is 6.42 Å². The number of rotatable bonds is 3. The molecule has 11 heteroatoms. The third-order valence-corrected chi connectivity index (χ3v) is 4.36. The van der Waals surface area contributed by atoms with Gasteiger partial charge in [0.1, 0.15) is 6.04 Å². The summed E-state index contributed by atoms with van der Waals surface area (Å²) in [6.07, 6.45) is -4.80. The molecule has 8 nitrogen and oxygen atoms in total. The molecule has 1 aliphatic rings. The number of hydrogen-bond acceptors (Lipinski definition) is 6. The Morgan fingerprint density at radius 3 is 2.35 bits per heavy atom. The molecule has 1 N–H and O–H groups in total. The molecule has 2 aromatic heterocycles. The van der Waals surface area contributed by atoms with Crippen molar-refractivity contribution in [3.63, 3.8) is 0 Å². The molecule has 1 saturated heterocycles. The lowest BCUT2D eigenvalue weighted by Crippen LogP contribution is -2.39. The number of nitrogens with one attached hydrogen (secondary N) is 1. The summed E-state index contributed by atoms with van der Waals surface area (Å²) >= 11 is 0. The summed E-state index contributed by atoms with van der Waals surface area (Å²) < 4.78 is 39.9. The number of aromatic nitrogens is 4. The minimum absolute atomic E-state index is 0.0157. The Morgan fingerprint density at radius 2 is 1.81 bits per heavy atom. The van der Waals surface area contributed by atoms with Gasteiger partial charge in [-0.2, -0.15) is 17.7 Å². The predicted molar refractivity (Wildman–Crippen MR) is 84.3 cm³/mol. The monoisotopic (exact) mass is 370 g/mol. The SMILES string of the molecule is Cc1c(NC2CC(=O)N(C(C)C)C2=O)nn2c(C(F)(F)F)nnc2c1C. The van der Waals surface area contributed by atoms with E-state index in [1.807, 2.05) is 0 Å². The second kappa shape index (κ2) is 5.92. The molecule has 1 fully saturated rings. The van der Waals surface area contributed by atoms with Crippen LogP contribution in [0, 0.1) is 13.8 Å². The highest BCUT2D eigenvalue weighted by Gasteiger charge is 2.41. The largest absolute Gasteiger partial charge is 0.453 e. The van der Waals surface area contributed by atoms with E-state index in [-0.39, 0.29) is 29.8 Å². The fourth-order valence-electron chi connectivity index (χ4n) is 2.91. The molecule has 140 valence electrons. The zero-order valence-corrected chi connectivity index (χ0v) is 14.5. The van der Waals surface area contributed by atoms with E-state index in [1.54, 1.807) is 27.7 Å². The second-order valence-electron chi connectivity index (χ2n) is 6.45. The number of imide groups is 1. The molecule has 1 aliphatic heterocycles. The van der Waals surface area contributed by atoms with Crippen molar-refractivity contribution in [2.45, 2.75) is 52.4 Å². The highest BCUT2D eigenvalue weighted by atomic mass is 19.4. The number of nitrogens with zero attached hydrogens (tertiary/aromatic N) is 5. The van der Waals surface area contributed by atoms with Crippen molar-refractivity contribution in [3.05, 3.63) is 17.0 Å². The van der Waals surface area contributed by atoms with E-state index in [2.05, 4.69) is 20.6 Å². The normalized spacial score (nSPS) is 18.5. The number of halogens is 3. The van der Waals surface area contributed by atoms with Gasteiger partial charge in [-0.3, -0.25) is 14.5 Å². The Bertz CT molecular complexity index is 905. The van der Waals surface area contributed by atoms with Gasteiger partial charge in [0, 0.05) is 11.6 Å². The lowest BCUT2D eigenvalue weighted by molar-refractivity contribution is -0.146. The van der Waals surface area contributed by atoms with Crippen LogP contribution in [0.15, 0.2) is 0 Å². The Balaban J connectivity index is 2.02. The van der Waals surface area contributed by atoms with Crippen molar-refractivity contribution in [1.29, 1.82) is 0 Å². The summed E-state index contributed by atoms with van der Waals surface area (Å²) in [7, 11) is 0. The average Bonchev–Trinajstić information content (AvgIpc) is 3.05. The van der Waals surface area contributed by atoms with Gasteiger partial charge in [0.15, 0.2) is 11.5 Å². The van der Waals surface area contributed by atoms with Gasteiger partial charge in [0.25, 0.3) is 11.7 Å². The fourth-order valence-corrected chi connectivity index (χ4v) is 2.91. The second-order valence-corrected chi connectivity index (χ2v) is 6.45. The molecule has 1 unspecified atom stereocenters. The van der Waals surface area contributed by atoms with Crippen LogP contribution in [0.1, 0.15) is 37.2 Å². The zero-order chi connectivity index (χ0) is 19.4. The number of fused-ring (bicyclic) bond motifs is 1. The molecule has 3 heterocycles. The van der Waals surface area contributed by atoms with Crippen LogP contribution in [-0.4, -0.2) is 48.6 Å². The third-order valence-electron chi connectivity index (χ3n) is 4.36. The fraction of sp³-hybridized carbons (Fsp3) is 0.533. The molecule has 1 atom stereocenters. The van der Waals surface area contributed by atoms with E-state index >= 15 is 0 Å². The summed E-state index contributed by atoms with van der Waals surface area (Å²) in [4.78, 5) is 25.5. The summed E-state index contributed by atoms with van der Waals surface area (Å²) in [5.74, 6) is -1.93. The van der Waals surface area contributed by atoms with Crippen LogP contribution in [0.5, 0.6) is 0 Å². The van der Waals surface area contributed by atoms with E-state index in [1.165, 1.54) is 0 Å². The van der Waals surface area contributed by atoms with Gasteiger partial charge in [0.2, 0.25) is 5.91 Å². The number of aryl methyl sites for hydroxylation is 1. The first-order chi connectivity index (χ1) is 12.0. The summed E-state index contributed by atoms with van der Waals surface area (Å²) in [5, 5.41) is 13.5. The van der Waals surface area contributed by atoms with Gasteiger partial charge in [-0.05, 0) is 33.3 Å². The van der Waals surface area contributed by atoms with E-state index < -0.39 is 23.9 Å². The van der Waals surface area contributed by atoms with Crippen LogP contribution in [0.2, 0.25) is 0 Å². The predicted octanol–water partition coefficient (Wildman–Crippen LogP) is 1.71. The van der Waals surface area contributed by atoms with Crippen molar-refractivity contribution in [2.24, 2.45) is 0 Å². The topological polar surface area (TPSA) is 92.5 Å². The Kier molecular flexibility index (Phi) is 4.12. The number of amides is 2. The van der Waals surface area contributed by atoms with Crippen molar-refractivity contribution < 1.29 is 22.8 Å². The lowest BCUT2D eigenvalue weighted by Gasteiger charge is -2.20. The molecule has 0 radical (unpaired) electrons. The molecule has 0 aromatic carbocycles. The van der Waals surface area contributed by atoms with Crippen LogP contribution < -0.4 is 5.32 Å². The smallest absolute Gasteiger partial charge is 0.356 e. The quantitative estimate of drug-likeness (QED) is 0.827. The molecule has 0 aliphatic carbocycles. The Labute approximate surface area is 146 Å². The summed E-state index contributed by atoms with van der Waals surface area (Å²) in [6.45, 7) is 6.66. The van der Waals surface area contributed by atoms with Crippen molar-refractivity contribution >= 4 is 23.3 Å². The highest BCUT2D eigenvalue weighted by molar-refractivity contribution is 6.07. The van der Waals surface area contributed by atoms with Gasteiger partial charge < -0.3 is 5.32 Å². The highest BCUT2D eigenvalue weighted by Crippen LogP contribution is 2.30. The first-order valence-corrected chi connectivity index (χ1v) is 7.94. The van der Waals surface area contributed by atoms with Crippen LogP contribution in [-0.2, 0) is 15.8 Å². The van der Waals surface area contributed by atoms with Gasteiger partial charge in [-0.15, -0.1) is 15.3 Å². The zero-order valence-electron chi connectivity index (χ0n) is 14.5. The number of likely N-dealkylation sites (tertiary alicyclic amines) is 1. The minimum atomic E-state index is -4.72. The van der Waals surface area contributed by atoms with Crippen molar-refractivity contribution in [3.8, 4) is 0 Å². The van der Waals surface area contributed by atoms with Gasteiger partial charge >= 0.3 is 6.18 Å². The maximum atomic E-state index is 13.1. The minimum Gasteiger partial charge on any atom is -0.356 e. The maximum Gasteiger partial charge on any atom is 0.453 e. The molecule has 26 heavy (non-hydrogen) atoms. The van der Waals surface area contributed by atoms with Gasteiger partial charge in [-0.25, -0.2) is 0 Å². The summed E-state index contributed by atoms with van der Waals surface area (Å²) in [5.41, 5.74) is 0.961. The molecule has 2 aromatic rings. The first-order valence-electron chi connectivity index (χ1n) is 7.94. The van der Waals surface area contributed by atoms with E-state index in [0.29, 0.717) is 15.6 Å². The average molecular weight is 370 g/mol. The molecule has 0 spiro atoms. The maximum absolute atomic E-state index is 13.1. The number of carbonyl (C=O) groups excluding carboxylic acids is 2. The van der Waals surface area contributed by atoms with E-state index in [4.69, 9.17) is 0 Å². The van der Waals surface area contributed by atoms with Crippen LogP contribution in [0.4, 0.5) is 19.0 Å². The molecular weight excluding hydrogens is 353 g/mol. The lowest BCUT2D eigenvalue weighted by atomic mass is 10.1. The molecule has 2 amide bonds. The van der Waals surface area contributed by atoms with Crippen molar-refractivity contribution in [1.82, 2.24) is 24.7 Å². The number of carbonyl (C=O) groups is 2. The number of anilines is 1. The molecule has 3 rings (SSSR count). The van der Waals surface area contributed by atoms with Crippen LogP contribution in [0.25, 0.3) is 5.65 Å². The van der Waals surface area contributed by atoms with Gasteiger partial charge in [-0.1, -0.05) is 0 Å². The standard InChI is InChI=1S/C15H17F3N6O2/c1-6(2)23-10(25)5-9(13(23)26)19-11-7(3)8(4)12-20-21-14(15(16,17)18)24(12)22-11/h6,9H,5H2,1-4H3,(H,19,22). The molecule has 0 saturated carbocycles. The van der Waals surface area contributed by atoms with Crippen LogP contribution >= 0.6 is 0 Å². The van der Waals surface area contributed by atoms with Crippen molar-refractivity contribution in [2.75, 3.05) is 5.32 Å². The Morgan fingerprint density at radius 1 is 1.15 bits per heavy atom. The first kappa shape index (κ1) is 18.1.